The highest BCUT2D eigenvalue weighted by molar-refractivity contribution is 5.86. The Labute approximate surface area is 162 Å². The third-order valence-electron chi connectivity index (χ3n) is 5.47. The minimum absolute atomic E-state index is 0.250. The molecule has 0 aliphatic carbocycles. The number of carbonyl (C=O) groups excluding carboxylic acids is 1. The van der Waals surface area contributed by atoms with E-state index in [4.69, 9.17) is 4.74 Å². The maximum absolute atomic E-state index is 13.1. The lowest BCUT2D eigenvalue weighted by atomic mass is 9.82. The molecule has 0 heterocycles. The van der Waals surface area contributed by atoms with Gasteiger partial charge in [-0.25, -0.2) is 4.79 Å². The van der Waals surface area contributed by atoms with E-state index in [-0.39, 0.29) is 6.61 Å². The topological polar surface area (TPSA) is 49.8 Å². The van der Waals surface area contributed by atoms with Crippen molar-refractivity contribution in [2.75, 3.05) is 26.2 Å². The third kappa shape index (κ3) is 4.40. The van der Waals surface area contributed by atoms with Crippen LogP contribution in [0.3, 0.4) is 0 Å². The largest absolute Gasteiger partial charge is 0.462 e. The lowest BCUT2D eigenvalue weighted by Crippen LogP contribution is -2.40. The number of aliphatic hydroxyl groups is 1. The van der Waals surface area contributed by atoms with E-state index in [1.165, 1.54) is 0 Å². The highest BCUT2D eigenvalue weighted by atomic mass is 16.5. The molecule has 0 aliphatic heterocycles. The van der Waals surface area contributed by atoms with Crippen molar-refractivity contribution in [2.45, 2.75) is 40.2 Å². The van der Waals surface area contributed by atoms with Crippen LogP contribution in [0.4, 0.5) is 0 Å². The molecule has 4 nitrogen and oxygen atoms in total. The average Bonchev–Trinajstić information content (AvgIpc) is 2.69. The predicted octanol–water partition coefficient (Wildman–Crippen LogP) is 3.73. The maximum Gasteiger partial charge on any atom is 0.347 e. The Morgan fingerprint density at radius 2 is 1.63 bits per heavy atom. The number of carbonyl (C=O) groups is 1. The average molecular weight is 370 g/mol. The Balaban J connectivity index is 2.40. The van der Waals surface area contributed by atoms with Gasteiger partial charge < -0.3 is 14.7 Å². The molecule has 0 aliphatic rings. The smallest absolute Gasteiger partial charge is 0.347 e. The lowest BCUT2D eigenvalue weighted by Gasteiger charge is -2.30. The zero-order valence-corrected chi connectivity index (χ0v) is 17.1. The van der Waals surface area contributed by atoms with Crippen molar-refractivity contribution in [3.05, 3.63) is 70.3 Å². The van der Waals surface area contributed by atoms with Crippen LogP contribution in [0.25, 0.3) is 0 Å². The molecule has 0 saturated heterocycles. The molecule has 0 spiro atoms. The summed E-state index contributed by atoms with van der Waals surface area (Å²) in [6.45, 7) is 12.8. The van der Waals surface area contributed by atoms with E-state index in [2.05, 4.69) is 18.7 Å². The van der Waals surface area contributed by atoms with Gasteiger partial charge in [0.25, 0.3) is 0 Å². The third-order valence-corrected chi connectivity index (χ3v) is 5.47. The van der Waals surface area contributed by atoms with Crippen LogP contribution in [-0.2, 0) is 15.1 Å². The van der Waals surface area contributed by atoms with Crippen molar-refractivity contribution >= 4 is 5.97 Å². The molecule has 27 heavy (non-hydrogen) atoms. The van der Waals surface area contributed by atoms with Crippen molar-refractivity contribution in [1.29, 1.82) is 0 Å². The molecule has 0 aromatic heterocycles. The molecule has 2 rings (SSSR count). The standard InChI is InChI=1S/C23H31NO3/c1-6-24(7-2)15-16-27-22(25)23(26,20-11-9-8-10-12-20)21-14-13-17(3)18(4)19(21)5/h8-14,26H,6-7,15-16H2,1-5H3. The minimum atomic E-state index is -1.83. The van der Waals surface area contributed by atoms with Gasteiger partial charge in [0.15, 0.2) is 0 Å². The van der Waals surface area contributed by atoms with E-state index < -0.39 is 11.6 Å². The number of aryl methyl sites for hydroxylation is 1. The Bertz CT molecular complexity index is 769. The fraction of sp³-hybridized carbons (Fsp3) is 0.435. The molecule has 0 fully saturated rings. The summed E-state index contributed by atoms with van der Waals surface area (Å²) in [5.74, 6) is -0.632. The van der Waals surface area contributed by atoms with E-state index in [1.807, 2.05) is 51.1 Å². The Hall–Kier alpha value is -2.17. The summed E-state index contributed by atoms with van der Waals surface area (Å²) in [5.41, 5.74) is 2.36. The van der Waals surface area contributed by atoms with Crippen molar-refractivity contribution in [3.8, 4) is 0 Å². The molecule has 1 N–H and O–H groups in total. The Kier molecular flexibility index (Phi) is 7.17. The second-order valence-corrected chi connectivity index (χ2v) is 6.92. The quantitative estimate of drug-likeness (QED) is 0.720. The molecule has 0 radical (unpaired) electrons. The monoisotopic (exact) mass is 369 g/mol. The molecule has 1 atom stereocenters. The first kappa shape index (κ1) is 21.1. The summed E-state index contributed by atoms with van der Waals surface area (Å²) in [5, 5.41) is 11.6. The number of ether oxygens (including phenoxy) is 1. The molecular weight excluding hydrogens is 338 g/mol. The summed E-state index contributed by atoms with van der Waals surface area (Å²) in [6, 6.07) is 12.8. The van der Waals surface area contributed by atoms with E-state index in [0.29, 0.717) is 17.7 Å². The molecule has 0 saturated carbocycles. The molecule has 2 aromatic carbocycles. The van der Waals surface area contributed by atoms with Crippen LogP contribution in [0.1, 0.15) is 41.7 Å². The van der Waals surface area contributed by atoms with Crippen LogP contribution < -0.4 is 0 Å². The first-order valence-electron chi connectivity index (χ1n) is 9.60. The van der Waals surface area contributed by atoms with Crippen LogP contribution in [0.5, 0.6) is 0 Å². The number of likely N-dealkylation sites (N-methyl/N-ethyl adjacent to an activating group) is 1. The summed E-state index contributed by atoms with van der Waals surface area (Å²) in [4.78, 5) is 15.3. The number of benzene rings is 2. The fourth-order valence-electron chi connectivity index (χ4n) is 3.32. The van der Waals surface area contributed by atoms with Crippen molar-refractivity contribution < 1.29 is 14.6 Å². The predicted molar refractivity (Wildman–Crippen MR) is 109 cm³/mol. The molecule has 146 valence electrons. The van der Waals surface area contributed by atoms with E-state index in [0.717, 1.165) is 29.8 Å². The van der Waals surface area contributed by atoms with Gasteiger partial charge in [0.05, 0.1) is 0 Å². The Morgan fingerprint density at radius 1 is 1.00 bits per heavy atom. The number of esters is 1. The van der Waals surface area contributed by atoms with Gasteiger partial charge in [-0.3, -0.25) is 0 Å². The van der Waals surface area contributed by atoms with Crippen LogP contribution in [0, 0.1) is 20.8 Å². The van der Waals surface area contributed by atoms with Crippen LogP contribution in [0.15, 0.2) is 42.5 Å². The number of hydrogen-bond acceptors (Lipinski definition) is 4. The fourth-order valence-corrected chi connectivity index (χ4v) is 3.32. The molecule has 0 bridgehead atoms. The molecule has 4 heteroatoms. The molecule has 2 aromatic rings. The SMILES string of the molecule is CCN(CC)CCOC(=O)C(O)(c1ccccc1)c1ccc(C)c(C)c1C. The zero-order valence-electron chi connectivity index (χ0n) is 17.1. The minimum Gasteiger partial charge on any atom is -0.462 e. The number of rotatable bonds is 8. The first-order chi connectivity index (χ1) is 12.9. The molecule has 1 unspecified atom stereocenters. The maximum atomic E-state index is 13.1. The Morgan fingerprint density at radius 3 is 2.22 bits per heavy atom. The van der Waals surface area contributed by atoms with Crippen LogP contribution in [0.2, 0.25) is 0 Å². The van der Waals surface area contributed by atoms with Crippen LogP contribution >= 0.6 is 0 Å². The zero-order chi connectivity index (χ0) is 20.0. The second kappa shape index (κ2) is 9.16. The van der Waals surface area contributed by atoms with E-state index in [1.54, 1.807) is 12.1 Å². The van der Waals surface area contributed by atoms with Crippen LogP contribution in [-0.4, -0.2) is 42.2 Å². The van der Waals surface area contributed by atoms with Gasteiger partial charge in [0, 0.05) is 12.1 Å². The van der Waals surface area contributed by atoms with Gasteiger partial charge in [-0.05, 0) is 56.1 Å². The van der Waals surface area contributed by atoms with Gasteiger partial charge in [0.2, 0.25) is 5.60 Å². The summed E-state index contributed by atoms with van der Waals surface area (Å²) in [6.07, 6.45) is 0. The summed E-state index contributed by atoms with van der Waals surface area (Å²) in [7, 11) is 0. The van der Waals surface area contributed by atoms with Gasteiger partial charge in [-0.2, -0.15) is 0 Å². The van der Waals surface area contributed by atoms with Crippen molar-refractivity contribution in [2.24, 2.45) is 0 Å². The molecule has 0 amide bonds. The van der Waals surface area contributed by atoms with Crippen molar-refractivity contribution in [3.63, 3.8) is 0 Å². The molecular formula is C23H31NO3. The number of nitrogens with zero attached hydrogens (tertiary/aromatic N) is 1. The lowest BCUT2D eigenvalue weighted by molar-refractivity contribution is -0.162. The number of hydrogen-bond donors (Lipinski definition) is 1. The van der Waals surface area contributed by atoms with Gasteiger partial charge in [0.1, 0.15) is 6.61 Å². The van der Waals surface area contributed by atoms with E-state index >= 15 is 0 Å². The summed E-state index contributed by atoms with van der Waals surface area (Å²) < 4.78 is 5.54. The summed E-state index contributed by atoms with van der Waals surface area (Å²) >= 11 is 0. The van der Waals surface area contributed by atoms with Crippen molar-refractivity contribution in [1.82, 2.24) is 4.90 Å². The van der Waals surface area contributed by atoms with Gasteiger partial charge in [-0.15, -0.1) is 0 Å². The van der Waals surface area contributed by atoms with Gasteiger partial charge in [-0.1, -0.05) is 56.3 Å². The normalized spacial score (nSPS) is 13.4. The first-order valence-corrected chi connectivity index (χ1v) is 9.60. The van der Waals surface area contributed by atoms with E-state index in [9.17, 15) is 9.90 Å². The van der Waals surface area contributed by atoms with Gasteiger partial charge >= 0.3 is 5.97 Å². The highest BCUT2D eigenvalue weighted by Gasteiger charge is 2.43. The highest BCUT2D eigenvalue weighted by Crippen LogP contribution is 2.35. The second-order valence-electron chi connectivity index (χ2n) is 6.92.